The molecule has 0 saturated heterocycles. The zero-order valence-corrected chi connectivity index (χ0v) is 13.6. The highest BCUT2D eigenvalue weighted by molar-refractivity contribution is 14.1. The summed E-state index contributed by atoms with van der Waals surface area (Å²) in [7, 11) is 0. The molecule has 2 rings (SSSR count). The fraction of sp³-hybridized carbons (Fsp3) is 0.615. The third-order valence-electron chi connectivity index (χ3n) is 4.62. The zero-order chi connectivity index (χ0) is 12.8. The van der Waals surface area contributed by atoms with Gasteiger partial charge >= 0.3 is 0 Å². The standard InChI is InChI=1S/C13H18INOS/c1-12(2)9(13(12,3)4)6-15-11(16)8-5-10(14)17-7-8/h5,7,9H,6H2,1-4H3,(H,15,16). The van der Waals surface area contributed by atoms with Gasteiger partial charge < -0.3 is 5.32 Å². The van der Waals surface area contributed by atoms with Crippen LogP contribution in [0.25, 0.3) is 0 Å². The van der Waals surface area contributed by atoms with Crippen molar-refractivity contribution >= 4 is 39.8 Å². The molecule has 1 N–H and O–H groups in total. The van der Waals surface area contributed by atoms with Crippen molar-refractivity contribution < 1.29 is 4.79 Å². The van der Waals surface area contributed by atoms with Crippen LogP contribution in [0.2, 0.25) is 0 Å². The monoisotopic (exact) mass is 363 g/mol. The van der Waals surface area contributed by atoms with E-state index < -0.39 is 0 Å². The van der Waals surface area contributed by atoms with Gasteiger partial charge in [0.2, 0.25) is 0 Å². The highest BCUT2D eigenvalue weighted by atomic mass is 127. The molecule has 0 aliphatic heterocycles. The average molecular weight is 363 g/mol. The third kappa shape index (κ3) is 2.26. The van der Waals surface area contributed by atoms with Gasteiger partial charge in [-0.1, -0.05) is 27.7 Å². The summed E-state index contributed by atoms with van der Waals surface area (Å²) in [4.78, 5) is 11.9. The van der Waals surface area contributed by atoms with Crippen molar-refractivity contribution in [3.63, 3.8) is 0 Å². The molecule has 1 saturated carbocycles. The van der Waals surface area contributed by atoms with Gasteiger partial charge in [-0.2, -0.15) is 0 Å². The molecular weight excluding hydrogens is 345 g/mol. The molecule has 0 unspecified atom stereocenters. The van der Waals surface area contributed by atoms with Gasteiger partial charge in [-0.3, -0.25) is 4.79 Å². The third-order valence-corrected chi connectivity index (χ3v) is 6.41. The van der Waals surface area contributed by atoms with Crippen LogP contribution in [-0.2, 0) is 0 Å². The molecule has 2 nitrogen and oxygen atoms in total. The number of carbonyl (C=O) groups excluding carboxylic acids is 1. The van der Waals surface area contributed by atoms with Gasteiger partial charge in [0.25, 0.3) is 5.91 Å². The molecule has 1 aliphatic rings. The van der Waals surface area contributed by atoms with Crippen molar-refractivity contribution in [3.05, 3.63) is 19.9 Å². The van der Waals surface area contributed by atoms with Gasteiger partial charge in [-0.15, -0.1) is 11.3 Å². The molecule has 17 heavy (non-hydrogen) atoms. The van der Waals surface area contributed by atoms with E-state index in [1.807, 2.05) is 11.4 Å². The molecule has 1 heterocycles. The number of nitrogens with one attached hydrogen (secondary N) is 1. The first-order valence-electron chi connectivity index (χ1n) is 5.79. The maximum absolute atomic E-state index is 11.9. The van der Waals surface area contributed by atoms with Crippen LogP contribution in [-0.4, -0.2) is 12.5 Å². The minimum Gasteiger partial charge on any atom is -0.352 e. The minimum atomic E-state index is 0.0580. The minimum absolute atomic E-state index is 0.0580. The van der Waals surface area contributed by atoms with E-state index in [4.69, 9.17) is 0 Å². The van der Waals surface area contributed by atoms with Crippen LogP contribution in [0, 0.1) is 19.6 Å². The molecule has 1 amide bonds. The number of rotatable bonds is 3. The van der Waals surface area contributed by atoms with Gasteiger partial charge in [0.05, 0.1) is 8.45 Å². The topological polar surface area (TPSA) is 29.1 Å². The second-order valence-corrected chi connectivity index (χ2v) is 8.65. The van der Waals surface area contributed by atoms with E-state index in [9.17, 15) is 4.79 Å². The Balaban J connectivity index is 1.91. The van der Waals surface area contributed by atoms with E-state index in [-0.39, 0.29) is 5.91 Å². The van der Waals surface area contributed by atoms with E-state index in [0.717, 1.165) is 15.0 Å². The highest BCUT2D eigenvalue weighted by Crippen LogP contribution is 2.67. The maximum Gasteiger partial charge on any atom is 0.252 e. The Hall–Kier alpha value is -0.100. The summed E-state index contributed by atoms with van der Waals surface area (Å²) < 4.78 is 1.15. The predicted molar refractivity (Wildman–Crippen MR) is 80.4 cm³/mol. The molecule has 0 radical (unpaired) electrons. The van der Waals surface area contributed by atoms with Crippen LogP contribution in [0.1, 0.15) is 38.1 Å². The van der Waals surface area contributed by atoms with Crippen molar-refractivity contribution in [3.8, 4) is 0 Å². The Morgan fingerprint density at radius 1 is 1.41 bits per heavy atom. The van der Waals surface area contributed by atoms with Crippen molar-refractivity contribution in [2.24, 2.45) is 16.7 Å². The molecule has 1 aromatic rings. The highest BCUT2D eigenvalue weighted by Gasteiger charge is 2.64. The van der Waals surface area contributed by atoms with Crippen LogP contribution in [0.15, 0.2) is 11.4 Å². The molecule has 0 bridgehead atoms. The van der Waals surface area contributed by atoms with E-state index in [0.29, 0.717) is 16.7 Å². The molecule has 0 spiro atoms. The molecular formula is C13H18INOS. The lowest BCUT2D eigenvalue weighted by Crippen LogP contribution is -2.26. The first kappa shape index (κ1) is 13.3. The largest absolute Gasteiger partial charge is 0.352 e. The average Bonchev–Trinajstić information content (AvgIpc) is 2.55. The lowest BCUT2D eigenvalue weighted by atomic mass is 10.0. The Labute approximate surface area is 120 Å². The fourth-order valence-electron chi connectivity index (χ4n) is 2.57. The van der Waals surface area contributed by atoms with E-state index in [1.54, 1.807) is 11.3 Å². The number of amides is 1. The van der Waals surface area contributed by atoms with Crippen LogP contribution in [0.3, 0.4) is 0 Å². The van der Waals surface area contributed by atoms with Crippen molar-refractivity contribution in [1.82, 2.24) is 5.32 Å². The summed E-state index contributed by atoms with van der Waals surface area (Å²) in [5.41, 5.74) is 1.46. The smallest absolute Gasteiger partial charge is 0.252 e. The first-order valence-corrected chi connectivity index (χ1v) is 7.75. The van der Waals surface area contributed by atoms with Crippen LogP contribution < -0.4 is 5.32 Å². The molecule has 0 atom stereocenters. The van der Waals surface area contributed by atoms with Gasteiger partial charge in [-0.05, 0) is 45.4 Å². The SMILES string of the molecule is CC1(C)C(CNC(=O)c2csc(I)c2)C1(C)C. The molecule has 1 fully saturated rings. The number of carbonyl (C=O) groups is 1. The summed E-state index contributed by atoms with van der Waals surface area (Å²) >= 11 is 3.85. The van der Waals surface area contributed by atoms with Crippen LogP contribution in [0.5, 0.6) is 0 Å². The summed E-state index contributed by atoms with van der Waals surface area (Å²) in [6.07, 6.45) is 0. The normalized spacial score (nSPS) is 21.2. The lowest BCUT2D eigenvalue weighted by Gasteiger charge is -2.04. The summed E-state index contributed by atoms with van der Waals surface area (Å²) in [5, 5.41) is 4.97. The number of halogens is 1. The van der Waals surface area contributed by atoms with Gasteiger partial charge in [0.15, 0.2) is 0 Å². The van der Waals surface area contributed by atoms with Crippen LogP contribution in [0.4, 0.5) is 0 Å². The Morgan fingerprint density at radius 3 is 2.41 bits per heavy atom. The fourth-order valence-corrected chi connectivity index (χ4v) is 3.90. The number of thiophene rings is 1. The maximum atomic E-state index is 11.9. The summed E-state index contributed by atoms with van der Waals surface area (Å²) in [6.45, 7) is 9.88. The summed E-state index contributed by atoms with van der Waals surface area (Å²) in [5.74, 6) is 0.638. The molecule has 94 valence electrons. The molecule has 1 aromatic heterocycles. The van der Waals surface area contributed by atoms with Crippen molar-refractivity contribution in [1.29, 1.82) is 0 Å². The lowest BCUT2D eigenvalue weighted by molar-refractivity contribution is 0.0950. The first-order chi connectivity index (χ1) is 7.76. The molecule has 4 heteroatoms. The quantitative estimate of drug-likeness (QED) is 0.814. The zero-order valence-electron chi connectivity index (χ0n) is 10.6. The van der Waals surface area contributed by atoms with E-state index in [2.05, 4.69) is 55.6 Å². The van der Waals surface area contributed by atoms with Crippen LogP contribution >= 0.6 is 33.9 Å². The second kappa shape index (κ2) is 4.23. The Morgan fingerprint density at radius 2 is 2.00 bits per heavy atom. The summed E-state index contributed by atoms with van der Waals surface area (Å²) in [6, 6.07) is 1.93. The molecule has 0 aromatic carbocycles. The van der Waals surface area contributed by atoms with Gasteiger partial charge in [0, 0.05) is 11.9 Å². The predicted octanol–water partition coefficient (Wildman–Crippen LogP) is 3.76. The Bertz CT molecular complexity index is 436. The Kier molecular flexibility index (Phi) is 3.32. The second-order valence-electron chi connectivity index (χ2n) is 5.85. The number of hydrogen-bond acceptors (Lipinski definition) is 2. The number of hydrogen-bond donors (Lipinski definition) is 1. The van der Waals surface area contributed by atoms with Gasteiger partial charge in [-0.25, -0.2) is 0 Å². The molecule has 1 aliphatic carbocycles. The van der Waals surface area contributed by atoms with Crippen molar-refractivity contribution in [2.75, 3.05) is 6.54 Å². The van der Waals surface area contributed by atoms with Gasteiger partial charge in [0.1, 0.15) is 0 Å². The van der Waals surface area contributed by atoms with E-state index >= 15 is 0 Å². The van der Waals surface area contributed by atoms with E-state index in [1.165, 1.54) is 0 Å². The van der Waals surface area contributed by atoms with Crippen molar-refractivity contribution in [2.45, 2.75) is 27.7 Å².